The maximum Gasteiger partial charge on any atom is 0.0947 e. The molecule has 3 heteroatoms. The van der Waals surface area contributed by atoms with E-state index in [-0.39, 0.29) is 0 Å². The zero-order valence-corrected chi connectivity index (χ0v) is 10.5. The van der Waals surface area contributed by atoms with Crippen molar-refractivity contribution < 1.29 is 4.42 Å². The van der Waals surface area contributed by atoms with Crippen LogP contribution in [0, 0.1) is 0 Å². The predicted octanol–water partition coefficient (Wildman–Crippen LogP) is 2.49. The first kappa shape index (κ1) is 13.3. The van der Waals surface area contributed by atoms with Crippen molar-refractivity contribution in [1.29, 1.82) is 0 Å². The molecule has 0 saturated heterocycles. The summed E-state index contributed by atoms with van der Waals surface area (Å²) in [6.07, 6.45) is 7.29. The van der Waals surface area contributed by atoms with E-state index in [2.05, 4.69) is 24.2 Å². The van der Waals surface area contributed by atoms with Crippen LogP contribution in [0.2, 0.25) is 0 Å². The topological polar surface area (TPSA) is 28.4 Å². The second kappa shape index (κ2) is 8.36. The first-order chi connectivity index (χ1) is 7.83. The average Bonchev–Trinajstić information content (AvgIpc) is 2.76. The highest BCUT2D eigenvalue weighted by atomic mass is 16.3. The predicted molar refractivity (Wildman–Crippen MR) is 67.4 cm³/mol. The minimum absolute atomic E-state index is 0.985. The second-order valence-corrected chi connectivity index (χ2v) is 4.33. The van der Waals surface area contributed by atoms with Crippen LogP contribution in [-0.4, -0.2) is 31.6 Å². The van der Waals surface area contributed by atoms with Gasteiger partial charge in [0.2, 0.25) is 0 Å². The molecule has 0 saturated carbocycles. The van der Waals surface area contributed by atoms with E-state index in [1.165, 1.54) is 24.8 Å². The summed E-state index contributed by atoms with van der Waals surface area (Å²) in [4.78, 5) is 2.34. The maximum absolute atomic E-state index is 5.05. The molecule has 1 N–H and O–H groups in total. The minimum atomic E-state index is 0.985. The van der Waals surface area contributed by atoms with Gasteiger partial charge >= 0.3 is 0 Å². The Morgan fingerprint density at radius 3 is 2.88 bits per heavy atom. The van der Waals surface area contributed by atoms with Gasteiger partial charge in [0.15, 0.2) is 0 Å². The van der Waals surface area contributed by atoms with Crippen LogP contribution < -0.4 is 5.32 Å². The number of hydrogen-bond donors (Lipinski definition) is 1. The van der Waals surface area contributed by atoms with E-state index < -0.39 is 0 Å². The molecule has 0 spiro atoms. The standard InChI is InChI=1S/C13H24N2O/c1-3-7-14-8-4-5-9-15(2)11-13-6-10-16-12-13/h6,10,12,14H,3-5,7-9,11H2,1-2H3. The molecule has 0 atom stereocenters. The van der Waals surface area contributed by atoms with Crippen LogP contribution >= 0.6 is 0 Å². The summed E-state index contributed by atoms with van der Waals surface area (Å²) in [6, 6.07) is 2.03. The molecule has 0 unspecified atom stereocenters. The zero-order valence-electron chi connectivity index (χ0n) is 10.5. The monoisotopic (exact) mass is 224 g/mol. The van der Waals surface area contributed by atoms with Gasteiger partial charge < -0.3 is 14.6 Å². The second-order valence-electron chi connectivity index (χ2n) is 4.33. The molecule has 1 rings (SSSR count). The molecule has 0 radical (unpaired) electrons. The van der Waals surface area contributed by atoms with Crippen LogP contribution in [0.15, 0.2) is 23.0 Å². The molecule has 0 amide bonds. The van der Waals surface area contributed by atoms with Gasteiger partial charge in [-0.25, -0.2) is 0 Å². The largest absolute Gasteiger partial charge is 0.472 e. The molecule has 1 heterocycles. The van der Waals surface area contributed by atoms with Gasteiger partial charge in [-0.15, -0.1) is 0 Å². The number of nitrogens with zero attached hydrogens (tertiary/aromatic N) is 1. The minimum Gasteiger partial charge on any atom is -0.472 e. The summed E-state index contributed by atoms with van der Waals surface area (Å²) < 4.78 is 5.05. The first-order valence-corrected chi connectivity index (χ1v) is 6.23. The molecule has 16 heavy (non-hydrogen) atoms. The molecule has 1 aromatic rings. The number of hydrogen-bond acceptors (Lipinski definition) is 3. The van der Waals surface area contributed by atoms with Gasteiger partial charge in [0, 0.05) is 12.1 Å². The highest BCUT2D eigenvalue weighted by molar-refractivity contribution is 5.04. The summed E-state index contributed by atoms with van der Waals surface area (Å²) in [5.41, 5.74) is 1.26. The SMILES string of the molecule is CCCNCCCCN(C)Cc1ccoc1. The lowest BCUT2D eigenvalue weighted by molar-refractivity contribution is 0.316. The van der Waals surface area contributed by atoms with Gasteiger partial charge in [-0.1, -0.05) is 6.92 Å². The third-order valence-corrected chi connectivity index (χ3v) is 2.60. The molecule has 0 bridgehead atoms. The van der Waals surface area contributed by atoms with Gasteiger partial charge in [-0.2, -0.15) is 0 Å². The Bertz CT molecular complexity index is 246. The summed E-state index contributed by atoms with van der Waals surface area (Å²) in [6.45, 7) is 6.63. The Morgan fingerprint density at radius 1 is 1.31 bits per heavy atom. The summed E-state index contributed by atoms with van der Waals surface area (Å²) in [7, 11) is 2.16. The van der Waals surface area contributed by atoms with Crippen molar-refractivity contribution in [3.05, 3.63) is 24.2 Å². The Balaban J connectivity index is 1.96. The van der Waals surface area contributed by atoms with Crippen LogP contribution in [0.3, 0.4) is 0 Å². The molecular formula is C13H24N2O. The summed E-state index contributed by atoms with van der Waals surface area (Å²) >= 11 is 0. The Labute approximate surface area is 98.8 Å². The van der Waals surface area contributed by atoms with Gasteiger partial charge in [0.05, 0.1) is 12.5 Å². The number of unbranched alkanes of at least 4 members (excludes halogenated alkanes) is 1. The van der Waals surface area contributed by atoms with E-state index in [1.807, 2.05) is 12.3 Å². The molecule has 0 aromatic carbocycles. The Kier molecular flexibility index (Phi) is 6.93. The lowest BCUT2D eigenvalue weighted by Crippen LogP contribution is -2.21. The van der Waals surface area contributed by atoms with Crippen LogP contribution in [0.25, 0.3) is 0 Å². The van der Waals surface area contributed by atoms with Gasteiger partial charge in [-0.3, -0.25) is 0 Å². The van der Waals surface area contributed by atoms with Gasteiger partial charge in [0.1, 0.15) is 0 Å². The number of rotatable bonds is 9. The normalized spacial score (nSPS) is 11.2. The van der Waals surface area contributed by atoms with Gasteiger partial charge in [-0.05, 0) is 52.0 Å². The Morgan fingerprint density at radius 2 is 2.19 bits per heavy atom. The highest BCUT2D eigenvalue weighted by Crippen LogP contribution is 2.04. The molecule has 0 aliphatic rings. The smallest absolute Gasteiger partial charge is 0.0947 e. The van der Waals surface area contributed by atoms with Crippen LogP contribution in [0.4, 0.5) is 0 Å². The molecule has 0 aliphatic carbocycles. The third-order valence-electron chi connectivity index (χ3n) is 2.60. The highest BCUT2D eigenvalue weighted by Gasteiger charge is 2.00. The summed E-state index contributed by atoms with van der Waals surface area (Å²) in [5.74, 6) is 0. The van der Waals surface area contributed by atoms with Crippen LogP contribution in [0.5, 0.6) is 0 Å². The molecule has 92 valence electrons. The third kappa shape index (κ3) is 5.93. The Hall–Kier alpha value is -0.800. The fourth-order valence-electron chi connectivity index (χ4n) is 1.71. The van der Waals surface area contributed by atoms with E-state index in [0.29, 0.717) is 0 Å². The molecule has 1 aromatic heterocycles. The fourth-order valence-corrected chi connectivity index (χ4v) is 1.71. The average molecular weight is 224 g/mol. The number of nitrogens with one attached hydrogen (secondary N) is 1. The van der Waals surface area contributed by atoms with Crippen molar-refractivity contribution in [3.63, 3.8) is 0 Å². The van der Waals surface area contributed by atoms with Crippen molar-refractivity contribution in [3.8, 4) is 0 Å². The molecule has 0 fully saturated rings. The van der Waals surface area contributed by atoms with Crippen molar-refractivity contribution in [2.45, 2.75) is 32.7 Å². The number of furan rings is 1. The lowest BCUT2D eigenvalue weighted by Gasteiger charge is -2.15. The lowest BCUT2D eigenvalue weighted by atomic mass is 10.2. The van der Waals surface area contributed by atoms with Crippen molar-refractivity contribution >= 4 is 0 Å². The quantitative estimate of drug-likeness (QED) is 0.653. The van der Waals surface area contributed by atoms with E-state index in [1.54, 1.807) is 6.26 Å². The van der Waals surface area contributed by atoms with E-state index >= 15 is 0 Å². The van der Waals surface area contributed by atoms with E-state index in [0.717, 1.165) is 26.2 Å². The van der Waals surface area contributed by atoms with Crippen molar-refractivity contribution in [2.24, 2.45) is 0 Å². The fraction of sp³-hybridized carbons (Fsp3) is 0.692. The van der Waals surface area contributed by atoms with Crippen LogP contribution in [0.1, 0.15) is 31.7 Å². The maximum atomic E-state index is 5.05. The van der Waals surface area contributed by atoms with E-state index in [4.69, 9.17) is 4.42 Å². The first-order valence-electron chi connectivity index (χ1n) is 6.23. The van der Waals surface area contributed by atoms with E-state index in [9.17, 15) is 0 Å². The molecular weight excluding hydrogens is 200 g/mol. The summed E-state index contributed by atoms with van der Waals surface area (Å²) in [5, 5.41) is 3.42. The van der Waals surface area contributed by atoms with Crippen molar-refractivity contribution in [1.82, 2.24) is 10.2 Å². The van der Waals surface area contributed by atoms with Gasteiger partial charge in [0.25, 0.3) is 0 Å². The van der Waals surface area contributed by atoms with Crippen LogP contribution in [-0.2, 0) is 6.54 Å². The molecule has 3 nitrogen and oxygen atoms in total. The molecule has 0 aliphatic heterocycles. The zero-order chi connectivity index (χ0) is 11.6. The van der Waals surface area contributed by atoms with Crippen molar-refractivity contribution in [2.75, 3.05) is 26.7 Å².